The summed E-state index contributed by atoms with van der Waals surface area (Å²) in [6, 6.07) is 5.58. The van der Waals surface area contributed by atoms with Gasteiger partial charge in [0.05, 0.1) is 12.0 Å². The number of amides is 2. The van der Waals surface area contributed by atoms with Gasteiger partial charge < -0.3 is 20.1 Å². The number of rotatable bonds is 3. The van der Waals surface area contributed by atoms with Crippen LogP contribution in [0.3, 0.4) is 0 Å². The fraction of sp³-hybridized carbons (Fsp3) is 0.500. The van der Waals surface area contributed by atoms with Crippen LogP contribution in [0.2, 0.25) is 0 Å². The molecule has 0 bridgehead atoms. The lowest BCUT2D eigenvalue weighted by Crippen LogP contribution is -2.43. The van der Waals surface area contributed by atoms with Crippen molar-refractivity contribution in [3.8, 4) is 11.5 Å². The molecule has 2 unspecified atom stereocenters. The van der Waals surface area contributed by atoms with Crippen molar-refractivity contribution in [2.45, 2.75) is 25.8 Å². The van der Waals surface area contributed by atoms with Crippen molar-refractivity contribution in [1.29, 1.82) is 0 Å². The Balaban J connectivity index is 1.62. The Morgan fingerprint density at radius 1 is 1.32 bits per heavy atom. The van der Waals surface area contributed by atoms with E-state index < -0.39 is 0 Å². The minimum Gasteiger partial charge on any atom is -0.486 e. The molecular formula is C16H20N2O4. The maximum Gasteiger partial charge on any atom is 0.225 e. The van der Waals surface area contributed by atoms with E-state index in [0.29, 0.717) is 32.6 Å². The van der Waals surface area contributed by atoms with E-state index >= 15 is 0 Å². The molecule has 0 aromatic heterocycles. The van der Waals surface area contributed by atoms with Crippen LogP contribution in [-0.4, -0.2) is 31.6 Å². The van der Waals surface area contributed by atoms with Gasteiger partial charge in [-0.15, -0.1) is 0 Å². The maximum absolute atomic E-state index is 12.3. The molecule has 1 aromatic rings. The minimum atomic E-state index is -0.155. The number of ether oxygens (including phenoxy) is 2. The Morgan fingerprint density at radius 3 is 2.82 bits per heavy atom. The van der Waals surface area contributed by atoms with E-state index in [4.69, 9.17) is 9.47 Å². The monoisotopic (exact) mass is 304 g/mol. The molecule has 2 amide bonds. The van der Waals surface area contributed by atoms with Gasteiger partial charge in [-0.3, -0.25) is 9.59 Å². The highest BCUT2D eigenvalue weighted by atomic mass is 16.6. The summed E-state index contributed by atoms with van der Waals surface area (Å²) in [6.07, 6.45) is 1.02. The van der Waals surface area contributed by atoms with E-state index in [0.717, 1.165) is 17.1 Å². The number of carbonyl (C=O) groups excluding carboxylic acids is 2. The first-order chi connectivity index (χ1) is 10.6. The number of nitrogens with one attached hydrogen (secondary N) is 2. The van der Waals surface area contributed by atoms with E-state index in [9.17, 15) is 9.59 Å². The highest BCUT2D eigenvalue weighted by molar-refractivity contribution is 5.83. The fourth-order valence-corrected chi connectivity index (χ4v) is 2.70. The molecule has 22 heavy (non-hydrogen) atoms. The summed E-state index contributed by atoms with van der Waals surface area (Å²) in [5, 5.41) is 5.73. The van der Waals surface area contributed by atoms with Gasteiger partial charge in [0.1, 0.15) is 13.2 Å². The zero-order valence-corrected chi connectivity index (χ0v) is 12.6. The fourth-order valence-electron chi connectivity index (χ4n) is 2.70. The Bertz CT molecular complexity index is 578. The first-order valence-corrected chi connectivity index (χ1v) is 7.60. The van der Waals surface area contributed by atoms with Crippen LogP contribution in [0.25, 0.3) is 0 Å². The van der Waals surface area contributed by atoms with Crippen LogP contribution in [-0.2, 0) is 9.59 Å². The third-order valence-corrected chi connectivity index (χ3v) is 4.06. The van der Waals surface area contributed by atoms with Crippen molar-refractivity contribution >= 4 is 11.8 Å². The van der Waals surface area contributed by atoms with E-state index in [-0.39, 0.29) is 23.8 Å². The topological polar surface area (TPSA) is 76.7 Å². The van der Waals surface area contributed by atoms with Crippen molar-refractivity contribution in [2.75, 3.05) is 19.8 Å². The SMILES string of the molecule is CC(NC(=O)C1CCC(=O)NC1)c1ccc2c(c1)OCCO2. The second-order valence-corrected chi connectivity index (χ2v) is 5.67. The molecule has 1 fully saturated rings. The standard InChI is InChI=1S/C16H20N2O4/c1-10(18-16(20)12-3-5-15(19)17-9-12)11-2-4-13-14(8-11)22-7-6-21-13/h2,4,8,10,12H,3,5-7,9H2,1H3,(H,17,19)(H,18,20). The lowest BCUT2D eigenvalue weighted by Gasteiger charge is -2.25. The quantitative estimate of drug-likeness (QED) is 0.878. The van der Waals surface area contributed by atoms with Gasteiger partial charge >= 0.3 is 0 Å². The third-order valence-electron chi connectivity index (χ3n) is 4.06. The first-order valence-electron chi connectivity index (χ1n) is 7.60. The smallest absolute Gasteiger partial charge is 0.225 e. The van der Waals surface area contributed by atoms with Crippen molar-refractivity contribution in [1.82, 2.24) is 10.6 Å². The van der Waals surface area contributed by atoms with Gasteiger partial charge in [-0.2, -0.15) is 0 Å². The van der Waals surface area contributed by atoms with Gasteiger partial charge in [-0.1, -0.05) is 6.07 Å². The molecule has 2 aliphatic heterocycles. The minimum absolute atomic E-state index is 0.0175. The Morgan fingerprint density at radius 2 is 2.09 bits per heavy atom. The molecule has 3 rings (SSSR count). The van der Waals surface area contributed by atoms with Crippen LogP contribution in [0, 0.1) is 5.92 Å². The highest BCUT2D eigenvalue weighted by Crippen LogP contribution is 2.32. The third kappa shape index (κ3) is 3.16. The lowest BCUT2D eigenvalue weighted by molar-refractivity contribution is -0.129. The molecule has 0 spiro atoms. The van der Waals surface area contributed by atoms with Gasteiger partial charge in [0, 0.05) is 13.0 Å². The van der Waals surface area contributed by atoms with Crippen LogP contribution in [0.5, 0.6) is 11.5 Å². The molecule has 2 aliphatic rings. The summed E-state index contributed by atoms with van der Waals surface area (Å²) in [7, 11) is 0. The molecule has 0 radical (unpaired) electrons. The molecule has 1 aromatic carbocycles. The molecular weight excluding hydrogens is 284 g/mol. The summed E-state index contributed by atoms with van der Waals surface area (Å²) in [5.74, 6) is 1.29. The second-order valence-electron chi connectivity index (χ2n) is 5.67. The Hall–Kier alpha value is -2.24. The summed E-state index contributed by atoms with van der Waals surface area (Å²) < 4.78 is 11.1. The number of benzene rings is 1. The van der Waals surface area contributed by atoms with Gasteiger partial charge in [0.15, 0.2) is 11.5 Å². The normalized spacial score (nSPS) is 21.7. The number of piperidine rings is 1. The van der Waals surface area contributed by atoms with Crippen LogP contribution < -0.4 is 20.1 Å². The van der Waals surface area contributed by atoms with Gasteiger partial charge in [0.25, 0.3) is 0 Å². The zero-order valence-electron chi connectivity index (χ0n) is 12.6. The van der Waals surface area contributed by atoms with Crippen LogP contribution >= 0.6 is 0 Å². The van der Waals surface area contributed by atoms with E-state index in [1.807, 2.05) is 25.1 Å². The van der Waals surface area contributed by atoms with Crippen molar-refractivity contribution in [3.05, 3.63) is 23.8 Å². The molecule has 6 heteroatoms. The molecule has 1 saturated heterocycles. The predicted octanol–water partition coefficient (Wildman–Crippen LogP) is 1.16. The van der Waals surface area contributed by atoms with E-state index in [2.05, 4.69) is 10.6 Å². The number of hydrogen-bond donors (Lipinski definition) is 2. The summed E-state index contributed by atoms with van der Waals surface area (Å²) in [6.45, 7) is 3.45. The number of carbonyl (C=O) groups is 2. The molecule has 2 atom stereocenters. The Labute approximate surface area is 129 Å². The second kappa shape index (κ2) is 6.25. The average molecular weight is 304 g/mol. The summed E-state index contributed by atoms with van der Waals surface area (Å²) in [4.78, 5) is 23.4. The average Bonchev–Trinajstić information content (AvgIpc) is 2.55. The molecule has 2 heterocycles. The molecule has 0 aliphatic carbocycles. The van der Waals surface area contributed by atoms with E-state index in [1.54, 1.807) is 0 Å². The zero-order chi connectivity index (χ0) is 15.5. The lowest BCUT2D eigenvalue weighted by atomic mass is 9.97. The van der Waals surface area contributed by atoms with Crippen molar-refractivity contribution in [3.63, 3.8) is 0 Å². The predicted molar refractivity (Wildman–Crippen MR) is 79.7 cm³/mol. The molecule has 118 valence electrons. The van der Waals surface area contributed by atoms with Gasteiger partial charge in [0.2, 0.25) is 11.8 Å². The van der Waals surface area contributed by atoms with E-state index in [1.165, 1.54) is 0 Å². The highest BCUT2D eigenvalue weighted by Gasteiger charge is 2.25. The van der Waals surface area contributed by atoms with Crippen molar-refractivity contribution in [2.24, 2.45) is 5.92 Å². The van der Waals surface area contributed by atoms with Crippen molar-refractivity contribution < 1.29 is 19.1 Å². The van der Waals surface area contributed by atoms with Crippen LogP contribution in [0.4, 0.5) is 0 Å². The largest absolute Gasteiger partial charge is 0.486 e. The maximum atomic E-state index is 12.3. The Kier molecular flexibility index (Phi) is 4.18. The first kappa shape index (κ1) is 14.7. The summed E-state index contributed by atoms with van der Waals surface area (Å²) in [5.41, 5.74) is 0.970. The number of fused-ring (bicyclic) bond motifs is 1. The number of hydrogen-bond acceptors (Lipinski definition) is 4. The van der Waals surface area contributed by atoms with Gasteiger partial charge in [-0.05, 0) is 31.0 Å². The molecule has 0 saturated carbocycles. The van der Waals surface area contributed by atoms with Crippen LogP contribution in [0.15, 0.2) is 18.2 Å². The van der Waals surface area contributed by atoms with Gasteiger partial charge in [-0.25, -0.2) is 0 Å². The summed E-state index contributed by atoms with van der Waals surface area (Å²) >= 11 is 0. The van der Waals surface area contributed by atoms with Crippen LogP contribution in [0.1, 0.15) is 31.4 Å². The molecule has 2 N–H and O–H groups in total. The molecule has 6 nitrogen and oxygen atoms in total.